The van der Waals surface area contributed by atoms with E-state index in [1.807, 2.05) is 62.4 Å². The van der Waals surface area contributed by atoms with Crippen molar-refractivity contribution in [3.8, 4) is 5.75 Å². The fraction of sp³-hybridized carbons (Fsp3) is 0.292. The van der Waals surface area contributed by atoms with Gasteiger partial charge in [0.25, 0.3) is 0 Å². The number of carbonyl (C=O) groups excluding carboxylic acids is 2. The Morgan fingerprint density at radius 1 is 1.17 bits per heavy atom. The molecule has 0 bridgehead atoms. The highest BCUT2D eigenvalue weighted by Crippen LogP contribution is 2.27. The van der Waals surface area contributed by atoms with Crippen LogP contribution in [0.15, 0.2) is 54.7 Å². The van der Waals surface area contributed by atoms with Crippen LogP contribution in [0.25, 0.3) is 10.9 Å². The molecule has 0 spiro atoms. The number of nitrogens with one attached hydrogen (secondary N) is 1. The average Bonchev–Trinajstić information content (AvgIpc) is 3.15. The maximum absolute atomic E-state index is 12.6. The molecule has 0 saturated carbocycles. The van der Waals surface area contributed by atoms with E-state index in [4.69, 9.17) is 4.74 Å². The number of hydrogen-bond acceptors (Lipinski definition) is 4. The van der Waals surface area contributed by atoms with Gasteiger partial charge in [0.2, 0.25) is 11.8 Å². The van der Waals surface area contributed by atoms with Crippen molar-refractivity contribution >= 4 is 28.4 Å². The van der Waals surface area contributed by atoms with E-state index in [-0.39, 0.29) is 24.2 Å². The van der Waals surface area contributed by atoms with Crippen molar-refractivity contribution in [2.75, 3.05) is 24.6 Å². The number of anilines is 1. The minimum atomic E-state index is -0.349. The Morgan fingerprint density at radius 2 is 2.00 bits per heavy atom. The molecule has 2 heterocycles. The topological polar surface area (TPSA) is 71.5 Å². The molecule has 1 fully saturated rings. The number of ether oxygens (including phenoxy) is 1. The highest BCUT2D eigenvalue weighted by molar-refractivity contribution is 6.00. The molecule has 1 N–H and O–H groups in total. The van der Waals surface area contributed by atoms with Crippen LogP contribution in [0.3, 0.4) is 0 Å². The molecule has 0 aliphatic carbocycles. The van der Waals surface area contributed by atoms with Gasteiger partial charge in [0.05, 0.1) is 12.5 Å². The Balaban J connectivity index is 1.30. The summed E-state index contributed by atoms with van der Waals surface area (Å²) in [6.45, 7) is 5.17. The van der Waals surface area contributed by atoms with Crippen LogP contribution in [0.1, 0.15) is 17.5 Å². The van der Waals surface area contributed by atoms with Crippen LogP contribution in [-0.4, -0.2) is 36.5 Å². The second-order valence-corrected chi connectivity index (χ2v) is 7.64. The first-order chi connectivity index (χ1) is 14.5. The zero-order valence-electron chi connectivity index (χ0n) is 17.2. The maximum Gasteiger partial charge on any atom is 0.227 e. The molecule has 1 aromatic heterocycles. The Hall–Kier alpha value is -3.41. The number of nitrogens with zero attached hydrogens (tertiary/aromatic N) is 2. The van der Waals surface area contributed by atoms with Gasteiger partial charge in [0, 0.05) is 30.2 Å². The monoisotopic (exact) mass is 403 g/mol. The van der Waals surface area contributed by atoms with E-state index in [2.05, 4.69) is 10.3 Å². The molecule has 1 unspecified atom stereocenters. The van der Waals surface area contributed by atoms with E-state index in [0.717, 1.165) is 22.2 Å². The van der Waals surface area contributed by atoms with E-state index in [1.54, 1.807) is 11.1 Å². The molecule has 6 nitrogen and oxygen atoms in total. The number of aryl methyl sites for hydroxylation is 2. The largest absolute Gasteiger partial charge is 0.489 e. The number of amides is 2. The molecular formula is C24H25N3O3. The summed E-state index contributed by atoms with van der Waals surface area (Å²) in [6.07, 6.45) is 1.96. The molecule has 1 saturated heterocycles. The van der Waals surface area contributed by atoms with Crippen LogP contribution in [0.4, 0.5) is 5.69 Å². The van der Waals surface area contributed by atoms with Crippen LogP contribution in [-0.2, 0) is 9.59 Å². The van der Waals surface area contributed by atoms with Gasteiger partial charge in [-0.25, -0.2) is 0 Å². The summed E-state index contributed by atoms with van der Waals surface area (Å²) in [7, 11) is 0. The number of pyridine rings is 1. The van der Waals surface area contributed by atoms with Crippen molar-refractivity contribution in [2.45, 2.75) is 20.3 Å². The Bertz CT molecular complexity index is 1090. The fourth-order valence-electron chi connectivity index (χ4n) is 3.70. The minimum absolute atomic E-state index is 0.0171. The SMILES string of the molecule is Cc1ccc(N2CC(C(=O)NCCOc3cccc4cccnc34)CC2=O)cc1C. The van der Waals surface area contributed by atoms with E-state index >= 15 is 0 Å². The van der Waals surface area contributed by atoms with Crippen molar-refractivity contribution in [2.24, 2.45) is 5.92 Å². The lowest BCUT2D eigenvalue weighted by Crippen LogP contribution is -2.35. The quantitative estimate of drug-likeness (QED) is 0.641. The summed E-state index contributed by atoms with van der Waals surface area (Å²) in [5, 5.41) is 3.90. The van der Waals surface area contributed by atoms with Gasteiger partial charge < -0.3 is 15.0 Å². The van der Waals surface area contributed by atoms with Gasteiger partial charge in [-0.15, -0.1) is 0 Å². The first-order valence-electron chi connectivity index (χ1n) is 10.1. The van der Waals surface area contributed by atoms with Crippen molar-refractivity contribution in [3.63, 3.8) is 0 Å². The van der Waals surface area contributed by atoms with Crippen molar-refractivity contribution in [1.29, 1.82) is 0 Å². The third-order valence-electron chi connectivity index (χ3n) is 5.55. The normalized spacial score (nSPS) is 16.1. The number of para-hydroxylation sites is 1. The first kappa shape index (κ1) is 19.9. The lowest BCUT2D eigenvalue weighted by Gasteiger charge is -2.18. The van der Waals surface area contributed by atoms with E-state index in [1.165, 1.54) is 5.56 Å². The molecule has 2 amide bonds. The third kappa shape index (κ3) is 4.13. The molecule has 4 rings (SSSR count). The highest BCUT2D eigenvalue weighted by Gasteiger charge is 2.35. The second kappa shape index (κ2) is 8.53. The maximum atomic E-state index is 12.6. The van der Waals surface area contributed by atoms with E-state index < -0.39 is 0 Å². The fourth-order valence-corrected chi connectivity index (χ4v) is 3.70. The highest BCUT2D eigenvalue weighted by atomic mass is 16.5. The Kier molecular flexibility index (Phi) is 5.65. The second-order valence-electron chi connectivity index (χ2n) is 7.64. The van der Waals surface area contributed by atoms with Gasteiger partial charge in [-0.1, -0.05) is 24.3 Å². The zero-order valence-corrected chi connectivity index (χ0v) is 17.2. The predicted molar refractivity (Wildman–Crippen MR) is 117 cm³/mol. The first-order valence-corrected chi connectivity index (χ1v) is 10.1. The van der Waals surface area contributed by atoms with Crippen molar-refractivity contribution in [1.82, 2.24) is 10.3 Å². The number of hydrogen-bond donors (Lipinski definition) is 1. The van der Waals surface area contributed by atoms with Gasteiger partial charge in [0.1, 0.15) is 17.9 Å². The smallest absolute Gasteiger partial charge is 0.227 e. The summed E-state index contributed by atoms with van der Waals surface area (Å²) >= 11 is 0. The third-order valence-corrected chi connectivity index (χ3v) is 5.55. The number of aromatic nitrogens is 1. The van der Waals surface area contributed by atoms with Crippen LogP contribution in [0.5, 0.6) is 5.75 Å². The summed E-state index contributed by atoms with van der Waals surface area (Å²) in [5.74, 6) is 0.212. The van der Waals surface area contributed by atoms with Crippen LogP contribution in [0, 0.1) is 19.8 Å². The molecule has 0 radical (unpaired) electrons. The summed E-state index contributed by atoms with van der Waals surface area (Å²) in [4.78, 5) is 31.1. The molecule has 30 heavy (non-hydrogen) atoms. The molecule has 1 atom stereocenters. The minimum Gasteiger partial charge on any atom is -0.489 e. The van der Waals surface area contributed by atoms with Crippen LogP contribution < -0.4 is 15.0 Å². The number of benzene rings is 2. The average molecular weight is 403 g/mol. The molecule has 2 aromatic carbocycles. The standard InChI is InChI=1S/C24H25N3O3/c1-16-8-9-20(13-17(16)2)27-15-19(14-22(27)28)24(29)26-11-12-30-21-7-3-5-18-6-4-10-25-23(18)21/h3-10,13,19H,11-12,14-15H2,1-2H3,(H,26,29). The van der Waals surface area contributed by atoms with Gasteiger partial charge >= 0.3 is 0 Å². The molecular weight excluding hydrogens is 378 g/mol. The Labute approximate surface area is 175 Å². The molecule has 3 aromatic rings. The van der Waals surface area contributed by atoms with Gasteiger partial charge in [-0.2, -0.15) is 0 Å². The summed E-state index contributed by atoms with van der Waals surface area (Å²) in [5.41, 5.74) is 3.97. The van der Waals surface area contributed by atoms with Gasteiger partial charge in [-0.05, 0) is 49.2 Å². The summed E-state index contributed by atoms with van der Waals surface area (Å²) in [6, 6.07) is 15.6. The number of carbonyl (C=O) groups is 2. The van der Waals surface area contributed by atoms with E-state index in [9.17, 15) is 9.59 Å². The van der Waals surface area contributed by atoms with Crippen molar-refractivity contribution < 1.29 is 14.3 Å². The van der Waals surface area contributed by atoms with Crippen LogP contribution in [0.2, 0.25) is 0 Å². The van der Waals surface area contributed by atoms with Crippen molar-refractivity contribution in [3.05, 3.63) is 65.9 Å². The molecule has 154 valence electrons. The summed E-state index contributed by atoms with van der Waals surface area (Å²) < 4.78 is 5.81. The predicted octanol–water partition coefficient (Wildman–Crippen LogP) is 3.40. The Morgan fingerprint density at radius 3 is 2.83 bits per heavy atom. The lowest BCUT2D eigenvalue weighted by atomic mass is 10.1. The number of fused-ring (bicyclic) bond motifs is 1. The lowest BCUT2D eigenvalue weighted by molar-refractivity contribution is -0.126. The van der Waals surface area contributed by atoms with E-state index in [0.29, 0.717) is 25.4 Å². The molecule has 1 aliphatic rings. The van der Waals surface area contributed by atoms with Crippen LogP contribution >= 0.6 is 0 Å². The molecule has 1 aliphatic heterocycles. The zero-order chi connectivity index (χ0) is 21.1. The molecule has 6 heteroatoms. The van der Waals surface area contributed by atoms with Gasteiger partial charge in [-0.3, -0.25) is 14.6 Å². The van der Waals surface area contributed by atoms with Gasteiger partial charge in [0.15, 0.2) is 0 Å². The number of rotatable bonds is 6.